The minimum atomic E-state index is -0.217. The lowest BCUT2D eigenvalue weighted by Gasteiger charge is -2.13. The summed E-state index contributed by atoms with van der Waals surface area (Å²) >= 11 is 1.40. The molecule has 0 radical (unpaired) electrons. The Morgan fingerprint density at radius 3 is 2.89 bits per heavy atom. The van der Waals surface area contributed by atoms with E-state index >= 15 is 0 Å². The molecule has 0 spiro atoms. The van der Waals surface area contributed by atoms with Gasteiger partial charge in [0.15, 0.2) is 0 Å². The Morgan fingerprint density at radius 2 is 2.19 bits per heavy atom. The molecule has 2 N–H and O–H groups in total. The number of aromatic nitrogens is 4. The SMILES string of the molecule is CSc1cnc(CC(C)C)c(=O)n1CC(=O)NCc1cc2cnccc2[nH]1. The lowest BCUT2D eigenvalue weighted by atomic mass is 10.1. The van der Waals surface area contributed by atoms with E-state index in [4.69, 9.17) is 0 Å². The van der Waals surface area contributed by atoms with Crippen molar-refractivity contribution < 1.29 is 4.79 Å². The van der Waals surface area contributed by atoms with Crippen molar-refractivity contribution in [2.75, 3.05) is 6.26 Å². The fraction of sp³-hybridized carbons (Fsp3) is 0.368. The average molecular weight is 385 g/mol. The maximum Gasteiger partial charge on any atom is 0.273 e. The van der Waals surface area contributed by atoms with Crippen molar-refractivity contribution >= 4 is 28.6 Å². The van der Waals surface area contributed by atoms with Crippen molar-refractivity contribution in [3.05, 3.63) is 52.5 Å². The van der Waals surface area contributed by atoms with Gasteiger partial charge in [-0.05, 0) is 30.7 Å². The number of hydrogen-bond acceptors (Lipinski definition) is 5. The second-order valence-corrected chi connectivity index (χ2v) is 7.60. The van der Waals surface area contributed by atoms with Gasteiger partial charge in [-0.25, -0.2) is 0 Å². The summed E-state index contributed by atoms with van der Waals surface area (Å²) < 4.78 is 1.50. The summed E-state index contributed by atoms with van der Waals surface area (Å²) in [5.41, 5.74) is 2.17. The molecule has 7 nitrogen and oxygen atoms in total. The van der Waals surface area contributed by atoms with E-state index in [1.807, 2.05) is 32.2 Å². The van der Waals surface area contributed by atoms with Crippen LogP contribution in [0, 0.1) is 5.92 Å². The molecule has 142 valence electrons. The van der Waals surface area contributed by atoms with Gasteiger partial charge in [0, 0.05) is 29.0 Å². The zero-order chi connectivity index (χ0) is 19.4. The minimum absolute atomic E-state index is 0.0234. The van der Waals surface area contributed by atoms with E-state index in [-0.39, 0.29) is 18.0 Å². The summed E-state index contributed by atoms with van der Waals surface area (Å²) in [6, 6.07) is 3.84. The summed E-state index contributed by atoms with van der Waals surface area (Å²) in [5, 5.41) is 4.54. The van der Waals surface area contributed by atoms with Gasteiger partial charge < -0.3 is 10.3 Å². The van der Waals surface area contributed by atoms with Crippen molar-refractivity contribution in [1.82, 2.24) is 24.8 Å². The van der Waals surface area contributed by atoms with Crippen LogP contribution in [0.4, 0.5) is 0 Å². The highest BCUT2D eigenvalue weighted by Gasteiger charge is 2.14. The Morgan fingerprint density at radius 1 is 1.37 bits per heavy atom. The average Bonchev–Trinajstić information content (AvgIpc) is 3.06. The lowest BCUT2D eigenvalue weighted by Crippen LogP contribution is -2.35. The molecule has 0 aromatic carbocycles. The second kappa shape index (κ2) is 8.39. The highest BCUT2D eigenvalue weighted by molar-refractivity contribution is 7.98. The Labute approximate surface area is 161 Å². The Hall–Kier alpha value is -2.61. The lowest BCUT2D eigenvalue weighted by molar-refractivity contribution is -0.122. The van der Waals surface area contributed by atoms with Gasteiger partial charge in [-0.3, -0.25) is 24.1 Å². The van der Waals surface area contributed by atoms with Crippen LogP contribution < -0.4 is 10.9 Å². The molecule has 3 aromatic heterocycles. The summed E-state index contributed by atoms with van der Waals surface area (Å²) in [4.78, 5) is 36.7. The number of amides is 1. The third-order valence-corrected chi connectivity index (χ3v) is 4.90. The summed E-state index contributed by atoms with van der Waals surface area (Å²) in [5.74, 6) is 0.106. The Bertz CT molecular complexity index is 976. The largest absolute Gasteiger partial charge is 0.357 e. The number of aromatic amines is 1. The van der Waals surface area contributed by atoms with Crippen LogP contribution in [0.15, 0.2) is 40.5 Å². The van der Waals surface area contributed by atoms with E-state index in [1.165, 1.54) is 16.3 Å². The first-order chi connectivity index (χ1) is 13.0. The standard InChI is InChI=1S/C19H23N5O2S/c1-12(2)6-16-19(26)24(18(27-3)10-21-16)11-17(25)22-9-14-7-13-8-20-5-4-15(13)23-14/h4-5,7-8,10,12,23H,6,9,11H2,1-3H3,(H,22,25). The molecule has 3 aromatic rings. The molecule has 0 saturated carbocycles. The highest BCUT2D eigenvalue weighted by atomic mass is 32.2. The van der Waals surface area contributed by atoms with Crippen molar-refractivity contribution in [2.24, 2.45) is 5.92 Å². The van der Waals surface area contributed by atoms with Crippen molar-refractivity contribution in [3.8, 4) is 0 Å². The van der Waals surface area contributed by atoms with Crippen LogP contribution in [0.3, 0.4) is 0 Å². The van der Waals surface area contributed by atoms with Gasteiger partial charge in [0.25, 0.3) is 5.56 Å². The van der Waals surface area contributed by atoms with Crippen LogP contribution in [0.25, 0.3) is 10.9 Å². The molecular formula is C19H23N5O2S. The van der Waals surface area contributed by atoms with E-state index in [1.54, 1.807) is 18.6 Å². The third-order valence-electron chi connectivity index (χ3n) is 4.15. The number of thioether (sulfide) groups is 1. The Kier molecular flexibility index (Phi) is 5.95. The molecule has 0 atom stereocenters. The van der Waals surface area contributed by atoms with E-state index in [0.717, 1.165) is 16.6 Å². The first-order valence-corrected chi connectivity index (χ1v) is 10.0. The van der Waals surface area contributed by atoms with E-state index < -0.39 is 0 Å². The van der Waals surface area contributed by atoms with Gasteiger partial charge in [0.05, 0.1) is 17.8 Å². The molecule has 1 amide bonds. The van der Waals surface area contributed by atoms with E-state index in [0.29, 0.717) is 29.6 Å². The van der Waals surface area contributed by atoms with E-state index in [9.17, 15) is 9.59 Å². The molecule has 0 saturated heterocycles. The van der Waals surface area contributed by atoms with Crippen molar-refractivity contribution in [2.45, 2.75) is 38.4 Å². The fourth-order valence-electron chi connectivity index (χ4n) is 2.87. The molecule has 3 heterocycles. The number of H-pyrrole nitrogens is 1. The number of fused-ring (bicyclic) bond motifs is 1. The normalized spacial score (nSPS) is 11.3. The van der Waals surface area contributed by atoms with E-state index in [2.05, 4.69) is 20.3 Å². The van der Waals surface area contributed by atoms with Gasteiger partial charge in [0.1, 0.15) is 12.2 Å². The molecule has 0 unspecified atom stereocenters. The number of carbonyl (C=O) groups is 1. The molecule has 0 fully saturated rings. The van der Waals surface area contributed by atoms with Gasteiger partial charge in [0.2, 0.25) is 5.91 Å². The van der Waals surface area contributed by atoms with Crippen molar-refractivity contribution in [1.29, 1.82) is 0 Å². The maximum atomic E-state index is 12.7. The molecule has 3 rings (SSSR count). The molecule has 27 heavy (non-hydrogen) atoms. The number of nitrogens with zero attached hydrogens (tertiary/aromatic N) is 3. The van der Waals surface area contributed by atoms with Crippen LogP contribution in [0.5, 0.6) is 0 Å². The molecule has 0 bridgehead atoms. The molecular weight excluding hydrogens is 362 g/mol. The zero-order valence-electron chi connectivity index (χ0n) is 15.7. The number of nitrogens with one attached hydrogen (secondary N) is 2. The maximum absolute atomic E-state index is 12.7. The van der Waals surface area contributed by atoms with Gasteiger partial charge >= 0.3 is 0 Å². The predicted molar refractivity (Wildman–Crippen MR) is 107 cm³/mol. The topological polar surface area (TPSA) is 92.7 Å². The number of pyridine rings is 1. The molecule has 0 aliphatic rings. The minimum Gasteiger partial charge on any atom is -0.357 e. The summed E-state index contributed by atoms with van der Waals surface area (Å²) in [7, 11) is 0. The number of rotatable bonds is 7. The predicted octanol–water partition coefficient (Wildman–Crippen LogP) is 2.36. The summed E-state index contributed by atoms with van der Waals surface area (Å²) in [6.45, 7) is 4.41. The monoisotopic (exact) mass is 385 g/mol. The highest BCUT2D eigenvalue weighted by Crippen LogP contribution is 2.14. The number of carbonyl (C=O) groups excluding carboxylic acids is 1. The zero-order valence-corrected chi connectivity index (χ0v) is 16.5. The van der Waals surface area contributed by atoms with Gasteiger partial charge in [-0.15, -0.1) is 11.8 Å². The Balaban J connectivity index is 1.72. The first-order valence-electron chi connectivity index (χ1n) is 8.79. The summed E-state index contributed by atoms with van der Waals surface area (Å²) in [6.07, 6.45) is 7.62. The van der Waals surface area contributed by atoms with Crippen LogP contribution in [0.2, 0.25) is 0 Å². The molecule has 8 heteroatoms. The fourth-order valence-corrected chi connectivity index (χ4v) is 3.40. The van der Waals surface area contributed by atoms with Gasteiger partial charge in [-0.1, -0.05) is 13.8 Å². The number of hydrogen-bond donors (Lipinski definition) is 2. The van der Waals surface area contributed by atoms with Crippen molar-refractivity contribution in [3.63, 3.8) is 0 Å². The van der Waals surface area contributed by atoms with Gasteiger partial charge in [-0.2, -0.15) is 0 Å². The van der Waals surface area contributed by atoms with Crippen LogP contribution in [0.1, 0.15) is 25.2 Å². The molecule has 0 aliphatic carbocycles. The molecule has 0 aliphatic heterocycles. The second-order valence-electron chi connectivity index (χ2n) is 6.77. The van der Waals surface area contributed by atoms with Crippen LogP contribution >= 0.6 is 11.8 Å². The quantitative estimate of drug-likeness (QED) is 0.609. The van der Waals surface area contributed by atoms with Crippen LogP contribution in [-0.2, 0) is 24.3 Å². The third kappa shape index (κ3) is 4.57. The first kappa shape index (κ1) is 19.2. The van der Waals surface area contributed by atoms with Crippen LogP contribution in [-0.4, -0.2) is 31.7 Å². The smallest absolute Gasteiger partial charge is 0.273 e.